The van der Waals surface area contributed by atoms with Crippen molar-refractivity contribution in [2.75, 3.05) is 18.4 Å². The number of pyridine rings is 1. The van der Waals surface area contributed by atoms with Gasteiger partial charge in [0.1, 0.15) is 0 Å². The average Bonchev–Trinajstić information content (AvgIpc) is 3.43. The molecule has 2 aliphatic rings. The summed E-state index contributed by atoms with van der Waals surface area (Å²) < 4.78 is 2.29. The highest BCUT2D eigenvalue weighted by Gasteiger charge is 2.48. The van der Waals surface area contributed by atoms with Crippen molar-refractivity contribution in [3.8, 4) is 11.1 Å². The minimum atomic E-state index is -0.447. The molecule has 4 heterocycles. The normalized spacial score (nSPS) is 17.1. The molecular weight excluding hydrogens is 446 g/mol. The first-order valence-electron chi connectivity index (χ1n) is 12.5. The van der Waals surface area contributed by atoms with Gasteiger partial charge in [-0.05, 0) is 76.9 Å². The monoisotopic (exact) mass is 473 g/mol. The Labute approximate surface area is 209 Å². The fourth-order valence-corrected chi connectivity index (χ4v) is 5.93. The zero-order valence-corrected chi connectivity index (χ0v) is 19.9. The third kappa shape index (κ3) is 3.33. The van der Waals surface area contributed by atoms with E-state index in [4.69, 9.17) is 5.84 Å². The molecule has 36 heavy (non-hydrogen) atoms. The van der Waals surface area contributed by atoms with Crippen molar-refractivity contribution in [3.05, 3.63) is 96.3 Å². The average molecular weight is 474 g/mol. The minimum Gasteiger partial charge on any atom is -0.343 e. The van der Waals surface area contributed by atoms with E-state index in [1.54, 1.807) is 0 Å². The Kier molecular flexibility index (Phi) is 4.74. The fraction of sp³-hybridized carbons (Fsp3) is 0.200. The molecule has 6 heteroatoms. The third-order valence-corrected chi connectivity index (χ3v) is 8.00. The molecule has 0 bridgehead atoms. The van der Waals surface area contributed by atoms with E-state index in [1.165, 1.54) is 16.5 Å². The summed E-state index contributed by atoms with van der Waals surface area (Å²) in [6.45, 7) is 2.25. The number of benzene rings is 3. The molecule has 7 rings (SSSR count). The van der Waals surface area contributed by atoms with Crippen molar-refractivity contribution in [3.63, 3.8) is 0 Å². The van der Waals surface area contributed by atoms with Crippen LogP contribution in [0.25, 0.3) is 32.9 Å². The van der Waals surface area contributed by atoms with Crippen LogP contribution < -0.4 is 11.2 Å². The number of nitrogens with two attached hydrogens (primary N) is 1. The summed E-state index contributed by atoms with van der Waals surface area (Å²) in [5, 5.41) is 7.34. The maximum Gasteiger partial charge on any atom is 0.235 e. The van der Waals surface area contributed by atoms with E-state index in [1.807, 2.05) is 17.3 Å². The molecule has 0 aliphatic carbocycles. The van der Waals surface area contributed by atoms with Crippen LogP contribution >= 0.6 is 0 Å². The third-order valence-electron chi connectivity index (χ3n) is 8.00. The molecule has 5 aromatic rings. The van der Waals surface area contributed by atoms with E-state index >= 15 is 0 Å². The number of hydrogen-bond donors (Lipinski definition) is 2. The smallest absolute Gasteiger partial charge is 0.235 e. The van der Waals surface area contributed by atoms with Crippen molar-refractivity contribution in [1.29, 1.82) is 0 Å². The second-order valence-corrected chi connectivity index (χ2v) is 10.1. The number of aromatic nitrogens is 2. The lowest BCUT2D eigenvalue weighted by Gasteiger charge is -2.35. The van der Waals surface area contributed by atoms with E-state index in [0.29, 0.717) is 0 Å². The predicted molar refractivity (Wildman–Crippen MR) is 144 cm³/mol. The van der Waals surface area contributed by atoms with Gasteiger partial charge in [-0.1, -0.05) is 36.4 Å². The van der Waals surface area contributed by atoms with E-state index in [-0.39, 0.29) is 5.91 Å². The SMILES string of the molecule is NN1CCC2(CC1)C(=O)Nc1cc(-c3ccc4ccn(Cc5ccc6ncccc6c5)c4c3)ccc12. The first-order chi connectivity index (χ1) is 17.6. The lowest BCUT2D eigenvalue weighted by atomic mass is 9.74. The van der Waals surface area contributed by atoms with Gasteiger partial charge >= 0.3 is 0 Å². The number of hydrogen-bond acceptors (Lipinski definition) is 4. The van der Waals surface area contributed by atoms with Crippen LogP contribution in [0.3, 0.4) is 0 Å². The molecule has 1 fully saturated rings. The zero-order valence-electron chi connectivity index (χ0n) is 19.9. The van der Waals surface area contributed by atoms with Gasteiger partial charge in [0.2, 0.25) is 5.91 Å². The Hall–Kier alpha value is -4.00. The highest BCUT2D eigenvalue weighted by atomic mass is 16.2. The summed E-state index contributed by atoms with van der Waals surface area (Å²) in [7, 11) is 0. The highest BCUT2D eigenvalue weighted by Crippen LogP contribution is 2.46. The molecular formula is C30H27N5O. The molecule has 2 aliphatic heterocycles. The van der Waals surface area contributed by atoms with Crippen molar-refractivity contribution >= 4 is 33.4 Å². The van der Waals surface area contributed by atoms with Crippen LogP contribution in [0.15, 0.2) is 85.2 Å². The van der Waals surface area contributed by atoms with Crippen molar-refractivity contribution in [2.24, 2.45) is 5.84 Å². The Morgan fingerprint density at radius 3 is 2.64 bits per heavy atom. The minimum absolute atomic E-state index is 0.109. The van der Waals surface area contributed by atoms with Crippen molar-refractivity contribution in [1.82, 2.24) is 14.6 Å². The number of nitrogens with zero attached hydrogens (tertiary/aromatic N) is 3. The van der Waals surface area contributed by atoms with Crippen LogP contribution in [0, 0.1) is 0 Å². The summed E-state index contributed by atoms with van der Waals surface area (Å²) >= 11 is 0. The van der Waals surface area contributed by atoms with E-state index in [0.717, 1.165) is 65.8 Å². The summed E-state index contributed by atoms with van der Waals surface area (Å²) in [5.41, 5.74) is 7.29. The fourth-order valence-electron chi connectivity index (χ4n) is 5.93. The molecule has 178 valence electrons. The predicted octanol–water partition coefficient (Wildman–Crippen LogP) is 5.06. The van der Waals surface area contributed by atoms with Gasteiger partial charge in [0.25, 0.3) is 0 Å². The number of rotatable bonds is 3. The molecule has 0 atom stereocenters. The lowest BCUT2D eigenvalue weighted by Crippen LogP contribution is -2.48. The van der Waals surface area contributed by atoms with E-state index < -0.39 is 5.41 Å². The van der Waals surface area contributed by atoms with Gasteiger partial charge in [0.15, 0.2) is 0 Å². The number of carbonyl (C=O) groups excluding carboxylic acids is 1. The Morgan fingerprint density at radius 1 is 0.917 bits per heavy atom. The molecule has 1 spiro atoms. The van der Waals surface area contributed by atoms with Crippen LogP contribution in [0.1, 0.15) is 24.0 Å². The van der Waals surface area contributed by atoms with Crippen LogP contribution in [0.2, 0.25) is 0 Å². The van der Waals surface area contributed by atoms with Crippen LogP contribution in [0.4, 0.5) is 5.69 Å². The maximum absolute atomic E-state index is 13.0. The van der Waals surface area contributed by atoms with Crippen molar-refractivity contribution in [2.45, 2.75) is 24.8 Å². The molecule has 2 aromatic heterocycles. The number of nitrogens with one attached hydrogen (secondary N) is 1. The number of carbonyl (C=O) groups is 1. The van der Waals surface area contributed by atoms with E-state index in [2.05, 4.69) is 87.8 Å². The first kappa shape index (κ1) is 21.3. The van der Waals surface area contributed by atoms with Gasteiger partial charge in [-0.2, -0.15) is 0 Å². The molecule has 1 amide bonds. The maximum atomic E-state index is 13.0. The number of fused-ring (bicyclic) bond motifs is 4. The summed E-state index contributed by atoms with van der Waals surface area (Å²) in [4.78, 5) is 17.5. The molecule has 0 unspecified atom stereocenters. The second-order valence-electron chi connectivity index (χ2n) is 10.1. The number of anilines is 1. The molecule has 0 radical (unpaired) electrons. The Bertz CT molecular complexity index is 1640. The van der Waals surface area contributed by atoms with Gasteiger partial charge in [-0.15, -0.1) is 0 Å². The molecule has 3 N–H and O–H groups in total. The van der Waals surface area contributed by atoms with Gasteiger partial charge in [-0.25, -0.2) is 5.01 Å². The van der Waals surface area contributed by atoms with Gasteiger partial charge in [-0.3, -0.25) is 15.6 Å². The summed E-state index contributed by atoms with van der Waals surface area (Å²) in [6, 6.07) is 25.7. The van der Waals surface area contributed by atoms with Crippen LogP contribution in [0.5, 0.6) is 0 Å². The highest BCUT2D eigenvalue weighted by molar-refractivity contribution is 6.07. The van der Waals surface area contributed by atoms with Gasteiger partial charge in [0.05, 0.1) is 10.9 Å². The Balaban J connectivity index is 1.22. The number of piperidine rings is 1. The zero-order chi connectivity index (χ0) is 24.3. The quantitative estimate of drug-likeness (QED) is 0.359. The van der Waals surface area contributed by atoms with Gasteiger partial charge in [0, 0.05) is 48.6 Å². The second kappa shape index (κ2) is 8.01. The molecule has 0 saturated carbocycles. The summed E-state index contributed by atoms with van der Waals surface area (Å²) in [6.07, 6.45) is 5.49. The van der Waals surface area contributed by atoms with Gasteiger partial charge < -0.3 is 9.88 Å². The van der Waals surface area contributed by atoms with E-state index in [9.17, 15) is 4.79 Å². The standard InChI is InChI=1S/C30H27N5O/c31-35-14-10-30(11-15-35)25-7-6-22(17-27(25)33-29(30)36)23-5-4-21-9-13-34(28(21)18-23)19-20-3-8-26-24(16-20)2-1-12-32-26/h1-9,12-13,16-18H,10-11,14-15,19,31H2,(H,33,36). The summed E-state index contributed by atoms with van der Waals surface area (Å²) in [5.74, 6) is 6.08. The van der Waals surface area contributed by atoms with Crippen molar-refractivity contribution < 1.29 is 4.79 Å². The number of hydrazine groups is 1. The van der Waals surface area contributed by atoms with Crippen LogP contribution in [-0.4, -0.2) is 33.6 Å². The van der Waals surface area contributed by atoms with Crippen LogP contribution in [-0.2, 0) is 16.8 Å². The molecule has 3 aromatic carbocycles. The number of amides is 1. The first-order valence-corrected chi connectivity index (χ1v) is 12.5. The Morgan fingerprint density at radius 2 is 1.75 bits per heavy atom. The largest absolute Gasteiger partial charge is 0.343 e. The molecule has 6 nitrogen and oxygen atoms in total. The lowest BCUT2D eigenvalue weighted by molar-refractivity contribution is -0.122. The molecule has 1 saturated heterocycles. The topological polar surface area (TPSA) is 76.2 Å².